The fraction of sp³-hybridized carbons (Fsp3) is 0. The fourth-order valence-corrected chi connectivity index (χ4v) is 4.00. The number of benzene rings is 3. The van der Waals surface area contributed by atoms with Crippen LogP contribution in [0.15, 0.2) is 71.2 Å². The molecule has 0 saturated carbocycles. The van der Waals surface area contributed by atoms with Crippen molar-refractivity contribution < 1.29 is 14.4 Å². The van der Waals surface area contributed by atoms with Crippen molar-refractivity contribution in [2.45, 2.75) is 0 Å². The molecule has 0 aliphatic heterocycles. The Kier molecular flexibility index (Phi) is 7.13. The second kappa shape index (κ2) is 10.1. The molecule has 0 bridgehead atoms. The van der Waals surface area contributed by atoms with E-state index in [0.717, 1.165) is 4.47 Å². The maximum absolute atomic E-state index is 13.1. The van der Waals surface area contributed by atoms with Gasteiger partial charge in [-0.1, -0.05) is 62.9 Å². The quantitative estimate of drug-likeness (QED) is 0.247. The molecule has 34 heavy (non-hydrogen) atoms. The Balaban J connectivity index is 1.64. The van der Waals surface area contributed by atoms with E-state index in [0.29, 0.717) is 21.6 Å². The van der Waals surface area contributed by atoms with Crippen LogP contribution in [0.1, 0.15) is 10.5 Å². The summed E-state index contributed by atoms with van der Waals surface area (Å²) in [5.41, 5.74) is 3.75. The molecule has 0 radical (unpaired) electrons. The van der Waals surface area contributed by atoms with Crippen LogP contribution < -0.4 is 16.1 Å². The highest BCUT2D eigenvalue weighted by Crippen LogP contribution is 2.27. The van der Waals surface area contributed by atoms with E-state index in [1.807, 2.05) is 0 Å². The minimum Gasteiger partial charge on any atom is -0.321 e. The highest BCUT2D eigenvalue weighted by molar-refractivity contribution is 9.10. The zero-order valence-corrected chi connectivity index (χ0v) is 20.9. The lowest BCUT2D eigenvalue weighted by molar-refractivity contribution is -0.133. The van der Waals surface area contributed by atoms with Crippen LogP contribution in [0.2, 0.25) is 15.1 Å². The van der Waals surface area contributed by atoms with Crippen molar-refractivity contribution in [2.24, 2.45) is 0 Å². The van der Waals surface area contributed by atoms with Crippen molar-refractivity contribution in [3.05, 3.63) is 92.0 Å². The Bertz CT molecular complexity index is 1450. The number of carbonyl (C=O) groups is 3. The average molecular weight is 581 g/mol. The van der Waals surface area contributed by atoms with Gasteiger partial charge in [-0.3, -0.25) is 19.8 Å². The number of rotatable bonds is 4. The lowest BCUT2D eigenvalue weighted by Gasteiger charge is -2.13. The highest BCUT2D eigenvalue weighted by Gasteiger charge is 2.22. The smallest absolute Gasteiger partial charge is 0.321 e. The predicted octanol–water partition coefficient (Wildman–Crippen LogP) is 6.33. The minimum absolute atomic E-state index is 0.0815. The number of para-hydroxylation sites is 1. The zero-order chi connectivity index (χ0) is 24.4. The highest BCUT2D eigenvalue weighted by atomic mass is 79.9. The number of nitrogens with zero attached hydrogens (tertiary/aromatic N) is 1. The van der Waals surface area contributed by atoms with Crippen LogP contribution in [0.25, 0.3) is 10.9 Å². The summed E-state index contributed by atoms with van der Waals surface area (Å²) in [6.07, 6.45) is 0. The first kappa shape index (κ1) is 24.1. The molecular weight excluding hydrogens is 567 g/mol. The number of halogens is 4. The fourth-order valence-electron chi connectivity index (χ4n) is 3.14. The maximum Gasteiger partial charge on any atom is 0.328 e. The van der Waals surface area contributed by atoms with Crippen LogP contribution in [-0.4, -0.2) is 22.4 Å². The molecule has 0 atom stereocenters. The van der Waals surface area contributed by atoms with Crippen molar-refractivity contribution in [2.75, 3.05) is 16.1 Å². The van der Waals surface area contributed by atoms with E-state index in [1.54, 1.807) is 60.7 Å². The standard InChI is InChI=1S/C23H14BrCl3N4O3/c24-13-5-8-19-12(9-13)10-20(21(32)28-14-6-7-15(25)17(27)11-14)31(19)30-23(34)22(33)29-18-4-2-1-3-16(18)26/h1-11H,(H,28,32)(H,29,33)(H,30,34). The monoisotopic (exact) mass is 578 g/mol. The summed E-state index contributed by atoms with van der Waals surface area (Å²) in [7, 11) is 0. The average Bonchev–Trinajstić information content (AvgIpc) is 3.15. The molecule has 0 saturated heterocycles. The van der Waals surface area contributed by atoms with E-state index in [2.05, 4.69) is 32.0 Å². The van der Waals surface area contributed by atoms with Gasteiger partial charge in [-0.05, 0) is 54.6 Å². The third kappa shape index (κ3) is 5.20. The molecule has 4 rings (SSSR count). The second-order valence-electron chi connectivity index (χ2n) is 7.03. The molecule has 3 amide bonds. The van der Waals surface area contributed by atoms with E-state index in [4.69, 9.17) is 34.8 Å². The van der Waals surface area contributed by atoms with Crippen molar-refractivity contribution in [1.29, 1.82) is 0 Å². The molecule has 172 valence electrons. The van der Waals surface area contributed by atoms with Gasteiger partial charge in [0.2, 0.25) is 0 Å². The molecule has 3 aromatic carbocycles. The topological polar surface area (TPSA) is 92.2 Å². The predicted molar refractivity (Wildman–Crippen MR) is 139 cm³/mol. The number of amides is 3. The summed E-state index contributed by atoms with van der Waals surface area (Å²) in [6, 6.07) is 17.9. The molecular formula is C23H14BrCl3N4O3. The SMILES string of the molecule is O=C(Nc1ccccc1Cl)C(=O)Nn1c(C(=O)Nc2ccc(Cl)c(Cl)c2)cc2cc(Br)ccc21. The number of aromatic nitrogens is 1. The summed E-state index contributed by atoms with van der Waals surface area (Å²) in [6.45, 7) is 0. The summed E-state index contributed by atoms with van der Waals surface area (Å²) in [5.74, 6) is -2.50. The van der Waals surface area contributed by atoms with E-state index in [1.165, 1.54) is 10.7 Å². The number of fused-ring (bicyclic) bond motifs is 1. The van der Waals surface area contributed by atoms with Crippen molar-refractivity contribution in [1.82, 2.24) is 4.68 Å². The van der Waals surface area contributed by atoms with Crippen LogP contribution in [-0.2, 0) is 9.59 Å². The summed E-state index contributed by atoms with van der Waals surface area (Å²) < 4.78 is 2.01. The number of hydrogen-bond acceptors (Lipinski definition) is 3. The van der Waals surface area contributed by atoms with Gasteiger partial charge in [0.1, 0.15) is 5.69 Å². The van der Waals surface area contributed by atoms with Crippen molar-refractivity contribution in [3.63, 3.8) is 0 Å². The van der Waals surface area contributed by atoms with E-state index in [-0.39, 0.29) is 21.4 Å². The first-order valence-electron chi connectivity index (χ1n) is 9.67. The lowest BCUT2D eigenvalue weighted by Crippen LogP contribution is -2.36. The first-order valence-corrected chi connectivity index (χ1v) is 11.6. The van der Waals surface area contributed by atoms with Crippen LogP contribution in [0, 0.1) is 0 Å². The molecule has 0 unspecified atom stereocenters. The molecule has 7 nitrogen and oxygen atoms in total. The van der Waals surface area contributed by atoms with E-state index >= 15 is 0 Å². The Morgan fingerprint density at radius 3 is 2.26 bits per heavy atom. The van der Waals surface area contributed by atoms with Gasteiger partial charge in [-0.15, -0.1) is 0 Å². The van der Waals surface area contributed by atoms with Crippen molar-refractivity contribution in [3.8, 4) is 0 Å². The normalized spacial score (nSPS) is 10.7. The van der Waals surface area contributed by atoms with Crippen LogP contribution in [0.4, 0.5) is 11.4 Å². The third-order valence-corrected chi connectivity index (χ3v) is 6.28. The Labute approximate surface area is 217 Å². The number of carbonyl (C=O) groups excluding carboxylic acids is 3. The van der Waals surface area contributed by atoms with Gasteiger partial charge in [-0.25, -0.2) is 4.68 Å². The largest absolute Gasteiger partial charge is 0.328 e. The third-order valence-electron chi connectivity index (χ3n) is 4.72. The van der Waals surface area contributed by atoms with Crippen LogP contribution in [0.5, 0.6) is 0 Å². The maximum atomic E-state index is 13.1. The molecule has 3 N–H and O–H groups in total. The molecule has 1 heterocycles. The van der Waals surface area contributed by atoms with Gasteiger partial charge in [0, 0.05) is 15.5 Å². The van der Waals surface area contributed by atoms with Gasteiger partial charge in [0.25, 0.3) is 5.91 Å². The molecule has 1 aromatic heterocycles. The Hall–Kier alpha value is -3.04. The molecule has 11 heteroatoms. The van der Waals surface area contributed by atoms with Gasteiger partial charge in [0.15, 0.2) is 0 Å². The van der Waals surface area contributed by atoms with Gasteiger partial charge < -0.3 is 10.6 Å². The Morgan fingerprint density at radius 2 is 1.53 bits per heavy atom. The summed E-state index contributed by atoms with van der Waals surface area (Å²) in [5, 5.41) is 6.70. The van der Waals surface area contributed by atoms with Crippen LogP contribution in [0.3, 0.4) is 0 Å². The zero-order valence-electron chi connectivity index (χ0n) is 17.0. The van der Waals surface area contributed by atoms with Gasteiger partial charge in [0.05, 0.1) is 26.3 Å². The molecule has 0 aliphatic carbocycles. The van der Waals surface area contributed by atoms with Crippen LogP contribution >= 0.6 is 50.7 Å². The number of nitrogens with one attached hydrogen (secondary N) is 3. The Morgan fingerprint density at radius 1 is 0.765 bits per heavy atom. The van der Waals surface area contributed by atoms with Gasteiger partial charge in [-0.2, -0.15) is 0 Å². The summed E-state index contributed by atoms with van der Waals surface area (Å²) >= 11 is 21.4. The molecule has 0 fully saturated rings. The molecule has 0 aliphatic rings. The number of anilines is 2. The molecule has 4 aromatic rings. The van der Waals surface area contributed by atoms with Crippen molar-refractivity contribution >= 4 is 90.7 Å². The summed E-state index contributed by atoms with van der Waals surface area (Å²) in [4.78, 5) is 38.3. The van der Waals surface area contributed by atoms with Gasteiger partial charge >= 0.3 is 11.8 Å². The molecule has 0 spiro atoms. The lowest BCUT2D eigenvalue weighted by atomic mass is 10.2. The van der Waals surface area contributed by atoms with E-state index in [9.17, 15) is 14.4 Å². The van der Waals surface area contributed by atoms with E-state index < -0.39 is 17.7 Å². The second-order valence-corrected chi connectivity index (χ2v) is 9.16. The minimum atomic E-state index is -0.996. The number of hydrogen-bond donors (Lipinski definition) is 3. The first-order chi connectivity index (χ1) is 16.2.